The minimum absolute atomic E-state index is 0.602. The number of hydrogen-bond donors (Lipinski definition) is 1. The van der Waals surface area contributed by atoms with E-state index in [1.807, 2.05) is 0 Å². The van der Waals surface area contributed by atoms with Crippen LogP contribution in [-0.4, -0.2) is 31.3 Å². The van der Waals surface area contributed by atoms with Gasteiger partial charge in [-0.1, -0.05) is 29.8 Å². The molecular weight excluding hydrogens is 268 g/mol. The Morgan fingerprint density at radius 1 is 1.29 bits per heavy atom. The summed E-state index contributed by atoms with van der Waals surface area (Å²) in [6.45, 7) is 2.05. The summed E-state index contributed by atoms with van der Waals surface area (Å²) >= 11 is 0. The molecule has 0 atom stereocenters. The van der Waals surface area contributed by atoms with Crippen LogP contribution in [0.1, 0.15) is 36.2 Å². The van der Waals surface area contributed by atoms with E-state index in [9.17, 15) is 9.90 Å². The van der Waals surface area contributed by atoms with Crippen molar-refractivity contribution in [3.8, 4) is 0 Å². The predicted molar refractivity (Wildman–Crippen MR) is 75.9 cm³/mol. The summed E-state index contributed by atoms with van der Waals surface area (Å²) in [5, 5.41) is 21.1. The van der Waals surface area contributed by atoms with Crippen LogP contribution in [0.3, 0.4) is 0 Å². The number of aliphatic carboxylic acids is 1. The van der Waals surface area contributed by atoms with Crippen molar-refractivity contribution in [1.82, 2.24) is 20.2 Å². The zero-order valence-corrected chi connectivity index (χ0v) is 12.0. The fourth-order valence-corrected chi connectivity index (χ4v) is 2.73. The summed E-state index contributed by atoms with van der Waals surface area (Å²) in [6, 6.07) is 8.31. The van der Waals surface area contributed by atoms with E-state index in [0.29, 0.717) is 25.1 Å². The van der Waals surface area contributed by atoms with E-state index in [1.165, 1.54) is 15.8 Å². The molecule has 1 fully saturated rings. The Bertz CT molecular complexity index is 644. The average Bonchev–Trinajstić information content (AvgIpc) is 2.85. The van der Waals surface area contributed by atoms with E-state index in [0.717, 1.165) is 12.8 Å². The van der Waals surface area contributed by atoms with E-state index in [1.54, 1.807) is 0 Å². The van der Waals surface area contributed by atoms with Crippen LogP contribution < -0.4 is 0 Å². The van der Waals surface area contributed by atoms with Crippen molar-refractivity contribution >= 4 is 5.97 Å². The van der Waals surface area contributed by atoms with Crippen LogP contribution in [-0.2, 0) is 23.2 Å². The molecule has 6 nitrogen and oxygen atoms in total. The van der Waals surface area contributed by atoms with Crippen LogP contribution in [0.5, 0.6) is 0 Å². The summed E-state index contributed by atoms with van der Waals surface area (Å²) in [4.78, 5) is 11.5. The zero-order valence-electron chi connectivity index (χ0n) is 12.0. The number of aryl methyl sites for hydroxylation is 3. The van der Waals surface area contributed by atoms with E-state index in [-0.39, 0.29) is 0 Å². The molecule has 6 heteroatoms. The molecule has 1 N–H and O–H groups in total. The second-order valence-electron chi connectivity index (χ2n) is 5.68. The van der Waals surface area contributed by atoms with Crippen LogP contribution in [0.25, 0.3) is 0 Å². The molecule has 1 aliphatic rings. The molecule has 0 aliphatic heterocycles. The summed E-state index contributed by atoms with van der Waals surface area (Å²) in [5.74, 6) is -0.185. The van der Waals surface area contributed by atoms with Gasteiger partial charge in [0.1, 0.15) is 0 Å². The van der Waals surface area contributed by atoms with E-state index >= 15 is 0 Å². The van der Waals surface area contributed by atoms with Crippen LogP contribution >= 0.6 is 0 Å². The number of carbonyl (C=O) groups is 1. The first-order valence-corrected chi connectivity index (χ1v) is 7.18. The molecule has 0 unspecified atom stereocenters. The highest BCUT2D eigenvalue weighted by molar-refractivity contribution is 5.77. The lowest BCUT2D eigenvalue weighted by atomic mass is 9.77. The third-order valence-electron chi connectivity index (χ3n) is 4.28. The lowest BCUT2D eigenvalue weighted by molar-refractivity contribution is -0.153. The minimum Gasteiger partial charge on any atom is -0.479 e. The Kier molecular flexibility index (Phi) is 3.45. The van der Waals surface area contributed by atoms with Crippen molar-refractivity contribution in [1.29, 1.82) is 0 Å². The van der Waals surface area contributed by atoms with Crippen molar-refractivity contribution in [3.63, 3.8) is 0 Å². The third kappa shape index (κ3) is 2.41. The molecule has 1 heterocycles. The Morgan fingerprint density at radius 3 is 2.57 bits per heavy atom. The topological polar surface area (TPSA) is 80.9 Å². The van der Waals surface area contributed by atoms with E-state index in [2.05, 4.69) is 46.7 Å². The third-order valence-corrected chi connectivity index (χ3v) is 4.28. The summed E-state index contributed by atoms with van der Waals surface area (Å²) < 4.78 is 1.52. The van der Waals surface area contributed by atoms with Crippen LogP contribution in [0.15, 0.2) is 24.3 Å². The van der Waals surface area contributed by atoms with Gasteiger partial charge in [-0.3, -0.25) is 0 Å². The van der Waals surface area contributed by atoms with Gasteiger partial charge in [0.25, 0.3) is 0 Å². The van der Waals surface area contributed by atoms with Gasteiger partial charge in [0, 0.05) is 6.42 Å². The van der Waals surface area contributed by atoms with Crippen molar-refractivity contribution in [2.75, 3.05) is 0 Å². The molecule has 0 amide bonds. The van der Waals surface area contributed by atoms with Crippen LogP contribution in [0.2, 0.25) is 0 Å². The second kappa shape index (κ2) is 5.27. The van der Waals surface area contributed by atoms with Gasteiger partial charge in [0.2, 0.25) is 0 Å². The number of carboxylic acids is 1. The lowest BCUT2D eigenvalue weighted by Gasteiger charge is -2.37. The highest BCUT2D eigenvalue weighted by Gasteiger charge is 2.48. The Morgan fingerprint density at radius 2 is 2.00 bits per heavy atom. The number of aromatic nitrogens is 4. The average molecular weight is 286 g/mol. The van der Waals surface area contributed by atoms with E-state index in [4.69, 9.17) is 0 Å². The van der Waals surface area contributed by atoms with Crippen molar-refractivity contribution in [3.05, 3.63) is 41.2 Å². The molecule has 2 aromatic rings. The molecule has 1 aliphatic carbocycles. The van der Waals surface area contributed by atoms with Gasteiger partial charge < -0.3 is 5.11 Å². The molecule has 3 rings (SSSR count). The molecule has 21 heavy (non-hydrogen) atoms. The highest BCUT2D eigenvalue weighted by Crippen LogP contribution is 2.39. The molecule has 0 spiro atoms. The maximum atomic E-state index is 11.5. The van der Waals surface area contributed by atoms with Crippen molar-refractivity contribution < 1.29 is 9.90 Å². The zero-order chi connectivity index (χ0) is 14.9. The molecule has 1 aromatic carbocycles. The quantitative estimate of drug-likeness (QED) is 0.905. The van der Waals surface area contributed by atoms with Gasteiger partial charge in [-0.25, -0.2) is 9.48 Å². The summed E-state index contributed by atoms with van der Waals surface area (Å²) in [5.41, 5.74) is 1.50. The Hall–Kier alpha value is -2.24. The monoisotopic (exact) mass is 286 g/mol. The van der Waals surface area contributed by atoms with Crippen molar-refractivity contribution in [2.24, 2.45) is 0 Å². The fraction of sp³-hybridized carbons (Fsp3) is 0.467. The standard InChI is InChI=1S/C15H18N4O2/c1-11-3-5-12(6-4-11)7-8-13-16-17-18-19(13)15(14(20)21)9-2-10-15/h3-6H,2,7-10H2,1H3,(H,20,21). The molecule has 110 valence electrons. The number of nitrogens with zero attached hydrogens (tertiary/aromatic N) is 4. The SMILES string of the molecule is Cc1ccc(CCc2nnnn2C2(C(=O)O)CCC2)cc1. The number of carboxylic acid groups (broad SMARTS) is 1. The fourth-order valence-electron chi connectivity index (χ4n) is 2.73. The van der Waals surface area contributed by atoms with Crippen LogP contribution in [0, 0.1) is 6.92 Å². The molecule has 1 saturated carbocycles. The number of benzene rings is 1. The summed E-state index contributed by atoms with van der Waals surface area (Å²) in [7, 11) is 0. The first-order chi connectivity index (χ1) is 10.1. The van der Waals surface area contributed by atoms with Gasteiger partial charge in [-0.05, 0) is 48.6 Å². The molecular formula is C15H18N4O2. The Balaban J connectivity index is 1.77. The molecule has 0 bridgehead atoms. The number of tetrazole rings is 1. The second-order valence-corrected chi connectivity index (χ2v) is 5.68. The first kappa shape index (κ1) is 13.7. The Labute approximate surface area is 122 Å². The van der Waals surface area contributed by atoms with Gasteiger partial charge in [0.05, 0.1) is 0 Å². The molecule has 0 radical (unpaired) electrons. The largest absolute Gasteiger partial charge is 0.479 e. The minimum atomic E-state index is -0.924. The maximum Gasteiger partial charge on any atom is 0.331 e. The van der Waals surface area contributed by atoms with E-state index < -0.39 is 11.5 Å². The van der Waals surface area contributed by atoms with Gasteiger partial charge in [-0.15, -0.1) is 5.10 Å². The first-order valence-electron chi connectivity index (χ1n) is 7.18. The smallest absolute Gasteiger partial charge is 0.331 e. The maximum absolute atomic E-state index is 11.5. The number of hydrogen-bond acceptors (Lipinski definition) is 4. The van der Waals surface area contributed by atoms with Crippen molar-refractivity contribution in [2.45, 2.75) is 44.6 Å². The highest BCUT2D eigenvalue weighted by atomic mass is 16.4. The summed E-state index contributed by atoms with van der Waals surface area (Å²) in [6.07, 6.45) is 3.56. The lowest BCUT2D eigenvalue weighted by Crippen LogP contribution is -2.49. The van der Waals surface area contributed by atoms with Gasteiger partial charge >= 0.3 is 5.97 Å². The van der Waals surface area contributed by atoms with Gasteiger partial charge in [0.15, 0.2) is 11.4 Å². The normalized spacial score (nSPS) is 16.4. The molecule has 1 aromatic heterocycles. The van der Waals surface area contributed by atoms with Gasteiger partial charge in [-0.2, -0.15) is 0 Å². The number of rotatable bonds is 5. The predicted octanol–water partition coefficient (Wildman–Crippen LogP) is 1.73. The van der Waals surface area contributed by atoms with Crippen LogP contribution in [0.4, 0.5) is 0 Å². The molecule has 0 saturated heterocycles.